The summed E-state index contributed by atoms with van der Waals surface area (Å²) < 4.78 is 1.86. The van der Waals surface area contributed by atoms with Gasteiger partial charge in [-0.25, -0.2) is 4.98 Å². The molecule has 1 aliphatic rings. The number of fused-ring (bicyclic) bond motifs is 2. The third-order valence-corrected chi connectivity index (χ3v) is 4.47. The van der Waals surface area contributed by atoms with Crippen molar-refractivity contribution in [1.82, 2.24) is 19.6 Å². The van der Waals surface area contributed by atoms with Gasteiger partial charge in [0.1, 0.15) is 12.1 Å². The van der Waals surface area contributed by atoms with Gasteiger partial charge in [-0.15, -0.1) is 0 Å². The number of hydrogen-bond donors (Lipinski definition) is 2. The van der Waals surface area contributed by atoms with Crippen molar-refractivity contribution in [2.45, 2.75) is 39.5 Å². The Bertz CT molecular complexity index is 601. The first-order chi connectivity index (χ1) is 10.3. The van der Waals surface area contributed by atoms with Gasteiger partial charge in [-0.05, 0) is 39.5 Å². The van der Waals surface area contributed by atoms with Crippen molar-refractivity contribution in [1.29, 1.82) is 0 Å². The van der Waals surface area contributed by atoms with E-state index in [4.69, 9.17) is 0 Å². The van der Waals surface area contributed by atoms with Crippen LogP contribution in [0.15, 0.2) is 6.33 Å². The standard InChI is InChI=1S/C15H24N6/c1-3-20(4-2)10-9-16-14-12-7-5-6-8-13(12)19-15-17-11-18-21(14)15/h11,16H,3-10H2,1-2H3/p+1. The highest BCUT2D eigenvalue weighted by atomic mass is 15.4. The molecule has 0 amide bonds. The van der Waals surface area contributed by atoms with Crippen LogP contribution in [0.25, 0.3) is 5.78 Å². The molecule has 0 saturated heterocycles. The monoisotopic (exact) mass is 289 g/mol. The molecule has 0 atom stereocenters. The zero-order valence-corrected chi connectivity index (χ0v) is 13.0. The second-order valence-electron chi connectivity index (χ2n) is 5.70. The fraction of sp³-hybridized carbons (Fsp3) is 0.667. The fourth-order valence-corrected chi connectivity index (χ4v) is 3.13. The van der Waals surface area contributed by atoms with Crippen molar-refractivity contribution >= 4 is 11.6 Å². The molecule has 114 valence electrons. The molecule has 1 aliphatic carbocycles. The number of nitrogens with one attached hydrogen (secondary N) is 2. The van der Waals surface area contributed by atoms with Crippen LogP contribution in [0.1, 0.15) is 37.9 Å². The Kier molecular flexibility index (Phi) is 4.34. The molecule has 0 bridgehead atoms. The van der Waals surface area contributed by atoms with Gasteiger partial charge in [0, 0.05) is 5.56 Å². The lowest BCUT2D eigenvalue weighted by atomic mass is 9.96. The summed E-state index contributed by atoms with van der Waals surface area (Å²) in [4.78, 5) is 10.5. The van der Waals surface area contributed by atoms with Crippen molar-refractivity contribution in [2.24, 2.45) is 0 Å². The first kappa shape index (κ1) is 14.3. The molecule has 2 aromatic heterocycles. The van der Waals surface area contributed by atoms with Crippen molar-refractivity contribution in [3.8, 4) is 0 Å². The van der Waals surface area contributed by atoms with Gasteiger partial charge in [-0.2, -0.15) is 14.6 Å². The van der Waals surface area contributed by atoms with E-state index in [1.54, 1.807) is 11.2 Å². The third kappa shape index (κ3) is 2.85. The van der Waals surface area contributed by atoms with E-state index in [-0.39, 0.29) is 0 Å². The zero-order valence-electron chi connectivity index (χ0n) is 13.0. The van der Waals surface area contributed by atoms with Gasteiger partial charge in [0.05, 0.1) is 31.9 Å². The molecule has 3 rings (SSSR count). The van der Waals surface area contributed by atoms with Crippen LogP contribution in [0.2, 0.25) is 0 Å². The van der Waals surface area contributed by atoms with Gasteiger partial charge in [0.15, 0.2) is 0 Å². The third-order valence-electron chi connectivity index (χ3n) is 4.47. The van der Waals surface area contributed by atoms with E-state index in [2.05, 4.69) is 34.2 Å². The first-order valence-electron chi connectivity index (χ1n) is 8.12. The number of anilines is 1. The lowest BCUT2D eigenvalue weighted by molar-refractivity contribution is -0.894. The number of quaternary nitrogens is 1. The molecule has 0 radical (unpaired) electrons. The summed E-state index contributed by atoms with van der Waals surface area (Å²) in [6.45, 7) is 8.91. The average Bonchev–Trinajstić information content (AvgIpc) is 2.98. The van der Waals surface area contributed by atoms with Crippen LogP contribution in [0.4, 0.5) is 5.82 Å². The van der Waals surface area contributed by atoms with Gasteiger partial charge in [-0.3, -0.25) is 0 Å². The summed E-state index contributed by atoms with van der Waals surface area (Å²) >= 11 is 0. The summed E-state index contributed by atoms with van der Waals surface area (Å²) in [5, 5.41) is 7.94. The predicted molar refractivity (Wildman–Crippen MR) is 82.8 cm³/mol. The number of nitrogens with zero attached hydrogens (tertiary/aromatic N) is 4. The Morgan fingerprint density at radius 2 is 2.05 bits per heavy atom. The molecule has 6 heteroatoms. The summed E-state index contributed by atoms with van der Waals surface area (Å²) in [5.74, 6) is 1.83. The first-order valence-corrected chi connectivity index (χ1v) is 8.12. The van der Waals surface area contributed by atoms with E-state index in [1.807, 2.05) is 4.52 Å². The van der Waals surface area contributed by atoms with E-state index >= 15 is 0 Å². The van der Waals surface area contributed by atoms with Crippen LogP contribution >= 0.6 is 0 Å². The van der Waals surface area contributed by atoms with Crippen LogP contribution in [0.3, 0.4) is 0 Å². The second kappa shape index (κ2) is 6.39. The molecule has 0 aromatic carbocycles. The topological polar surface area (TPSA) is 59.5 Å². The number of hydrogen-bond acceptors (Lipinski definition) is 4. The summed E-state index contributed by atoms with van der Waals surface area (Å²) in [6, 6.07) is 0. The maximum atomic E-state index is 4.66. The van der Waals surface area contributed by atoms with E-state index < -0.39 is 0 Å². The zero-order chi connectivity index (χ0) is 14.7. The van der Waals surface area contributed by atoms with Gasteiger partial charge in [0.25, 0.3) is 5.78 Å². The molecular formula is C15H25N6+. The SMILES string of the molecule is CC[NH+](CC)CCNc1c2c(nc3ncnn13)CCCC2. The minimum absolute atomic E-state index is 0.716. The van der Waals surface area contributed by atoms with Gasteiger partial charge in [0.2, 0.25) is 0 Å². The van der Waals surface area contributed by atoms with Crippen molar-refractivity contribution in [3.05, 3.63) is 17.6 Å². The van der Waals surface area contributed by atoms with Crippen LogP contribution in [0.5, 0.6) is 0 Å². The van der Waals surface area contributed by atoms with E-state index in [0.29, 0.717) is 5.78 Å². The number of rotatable bonds is 6. The Morgan fingerprint density at radius 3 is 2.86 bits per heavy atom. The number of aryl methyl sites for hydroxylation is 1. The maximum Gasteiger partial charge on any atom is 0.254 e. The quantitative estimate of drug-likeness (QED) is 0.805. The summed E-state index contributed by atoms with van der Waals surface area (Å²) in [5.41, 5.74) is 2.55. The minimum atomic E-state index is 0.716. The van der Waals surface area contributed by atoms with Crippen LogP contribution in [-0.2, 0) is 12.8 Å². The molecule has 0 aliphatic heterocycles. The van der Waals surface area contributed by atoms with Crippen molar-refractivity contribution < 1.29 is 4.90 Å². The Balaban J connectivity index is 1.84. The summed E-state index contributed by atoms with van der Waals surface area (Å²) in [6.07, 6.45) is 6.22. The molecule has 0 saturated carbocycles. The van der Waals surface area contributed by atoms with Crippen molar-refractivity contribution in [2.75, 3.05) is 31.5 Å². The lowest BCUT2D eigenvalue weighted by Crippen LogP contribution is -3.12. The molecular weight excluding hydrogens is 264 g/mol. The fourth-order valence-electron chi connectivity index (χ4n) is 3.13. The Morgan fingerprint density at radius 1 is 1.24 bits per heavy atom. The van der Waals surface area contributed by atoms with E-state index in [0.717, 1.165) is 31.7 Å². The Hall–Kier alpha value is -1.69. The highest BCUT2D eigenvalue weighted by molar-refractivity contribution is 5.53. The molecule has 2 N–H and O–H groups in total. The van der Waals surface area contributed by atoms with Crippen LogP contribution < -0.4 is 10.2 Å². The predicted octanol–water partition coefficient (Wildman–Crippen LogP) is 0.340. The van der Waals surface area contributed by atoms with Gasteiger partial charge in [-0.1, -0.05) is 0 Å². The van der Waals surface area contributed by atoms with Gasteiger partial charge < -0.3 is 10.2 Å². The number of aromatic nitrogens is 4. The van der Waals surface area contributed by atoms with Crippen LogP contribution in [-0.4, -0.2) is 45.8 Å². The average molecular weight is 289 g/mol. The van der Waals surface area contributed by atoms with E-state index in [9.17, 15) is 0 Å². The van der Waals surface area contributed by atoms with Crippen LogP contribution in [0, 0.1) is 0 Å². The summed E-state index contributed by atoms with van der Waals surface area (Å²) in [7, 11) is 0. The highest BCUT2D eigenvalue weighted by Gasteiger charge is 2.19. The molecule has 0 fully saturated rings. The smallest absolute Gasteiger partial charge is 0.254 e. The normalized spacial score (nSPS) is 14.6. The lowest BCUT2D eigenvalue weighted by Gasteiger charge is -2.21. The minimum Gasteiger partial charge on any atom is -0.364 e. The van der Waals surface area contributed by atoms with Crippen molar-refractivity contribution in [3.63, 3.8) is 0 Å². The molecule has 2 aromatic rings. The molecule has 0 spiro atoms. The molecule has 6 nitrogen and oxygen atoms in total. The maximum absolute atomic E-state index is 4.66. The van der Waals surface area contributed by atoms with E-state index in [1.165, 1.54) is 37.2 Å². The Labute approximate surface area is 125 Å². The largest absolute Gasteiger partial charge is 0.364 e. The molecule has 21 heavy (non-hydrogen) atoms. The number of likely N-dealkylation sites (N-methyl/N-ethyl adjacent to an activating group) is 1. The highest BCUT2D eigenvalue weighted by Crippen LogP contribution is 2.26. The molecule has 2 heterocycles. The molecule has 0 unspecified atom stereocenters. The van der Waals surface area contributed by atoms with Gasteiger partial charge >= 0.3 is 0 Å². The second-order valence-corrected chi connectivity index (χ2v) is 5.70.